The third-order valence-electron chi connectivity index (χ3n) is 4.04. The predicted molar refractivity (Wildman–Crippen MR) is 75.4 cm³/mol. The number of likely N-dealkylation sites (tertiary alicyclic amines) is 1. The Bertz CT molecular complexity index is 335. The topological polar surface area (TPSA) is 70.7 Å². The van der Waals surface area contributed by atoms with Crippen LogP contribution < -0.4 is 10.6 Å². The summed E-state index contributed by atoms with van der Waals surface area (Å²) in [7, 11) is 0. The summed E-state index contributed by atoms with van der Waals surface area (Å²) in [6, 6.07) is 0.190. The lowest BCUT2D eigenvalue weighted by molar-refractivity contribution is -0.126. The molecule has 2 fully saturated rings. The maximum atomic E-state index is 12.1. The van der Waals surface area contributed by atoms with Crippen LogP contribution in [-0.2, 0) is 9.53 Å². The largest absolute Gasteiger partial charge is 0.450 e. The molecule has 6 heteroatoms. The highest BCUT2D eigenvalue weighted by atomic mass is 16.6. The normalized spacial score (nSPS) is 24.2. The fraction of sp³-hybridized carbons (Fsp3) is 0.857. The first-order chi connectivity index (χ1) is 9.70. The first kappa shape index (κ1) is 15.1. The number of carbonyl (C=O) groups is 2. The Morgan fingerprint density at radius 3 is 2.65 bits per heavy atom. The number of amides is 2. The van der Waals surface area contributed by atoms with Gasteiger partial charge in [-0.3, -0.25) is 4.79 Å². The van der Waals surface area contributed by atoms with Crippen LogP contribution in [-0.4, -0.2) is 55.7 Å². The Balaban J connectivity index is 1.71. The first-order valence-electron chi connectivity index (χ1n) is 7.63. The zero-order valence-electron chi connectivity index (χ0n) is 12.2. The smallest absolute Gasteiger partial charge is 0.409 e. The van der Waals surface area contributed by atoms with Gasteiger partial charge >= 0.3 is 6.09 Å². The van der Waals surface area contributed by atoms with Crippen molar-refractivity contribution < 1.29 is 14.3 Å². The lowest BCUT2D eigenvalue weighted by Crippen LogP contribution is -2.49. The molecule has 2 heterocycles. The molecule has 0 aromatic rings. The standard InChI is InChI=1S/C14H25N3O3/c1-2-20-14(19)17-8-5-12(6-9-17)16-13(18)11-4-3-7-15-10-11/h11-12,15H,2-10H2,1H3,(H,16,18)/t11-/m1/s1. The molecule has 1 atom stereocenters. The Labute approximate surface area is 120 Å². The minimum absolute atomic E-state index is 0.104. The van der Waals surface area contributed by atoms with E-state index >= 15 is 0 Å². The van der Waals surface area contributed by atoms with Crippen LogP contribution in [0.4, 0.5) is 4.79 Å². The average molecular weight is 283 g/mol. The third-order valence-corrected chi connectivity index (χ3v) is 4.04. The third kappa shape index (κ3) is 4.10. The minimum Gasteiger partial charge on any atom is -0.450 e. The van der Waals surface area contributed by atoms with Crippen molar-refractivity contribution in [2.45, 2.75) is 38.6 Å². The van der Waals surface area contributed by atoms with Gasteiger partial charge in [0, 0.05) is 25.7 Å². The van der Waals surface area contributed by atoms with Crippen molar-refractivity contribution in [1.29, 1.82) is 0 Å². The van der Waals surface area contributed by atoms with Gasteiger partial charge in [-0.05, 0) is 39.2 Å². The van der Waals surface area contributed by atoms with Crippen molar-refractivity contribution in [3.63, 3.8) is 0 Å². The Morgan fingerprint density at radius 2 is 2.05 bits per heavy atom. The summed E-state index contributed by atoms with van der Waals surface area (Å²) in [6.07, 6.45) is 3.42. The van der Waals surface area contributed by atoms with Crippen LogP contribution in [0.3, 0.4) is 0 Å². The molecule has 0 unspecified atom stereocenters. The summed E-state index contributed by atoms with van der Waals surface area (Å²) in [5.41, 5.74) is 0. The molecule has 2 amide bonds. The molecule has 114 valence electrons. The molecule has 0 aromatic carbocycles. The van der Waals surface area contributed by atoms with E-state index in [-0.39, 0.29) is 24.0 Å². The number of piperidine rings is 2. The number of nitrogens with one attached hydrogen (secondary N) is 2. The molecule has 0 spiro atoms. The van der Waals surface area contributed by atoms with Gasteiger partial charge in [0.15, 0.2) is 0 Å². The van der Waals surface area contributed by atoms with Crippen molar-refractivity contribution in [3.8, 4) is 0 Å². The number of rotatable bonds is 3. The number of carbonyl (C=O) groups excluding carboxylic acids is 2. The molecule has 0 bridgehead atoms. The zero-order chi connectivity index (χ0) is 14.4. The molecule has 0 saturated carbocycles. The second-order valence-electron chi connectivity index (χ2n) is 5.51. The summed E-state index contributed by atoms with van der Waals surface area (Å²) in [4.78, 5) is 25.4. The highest BCUT2D eigenvalue weighted by molar-refractivity contribution is 5.79. The van der Waals surface area contributed by atoms with E-state index in [4.69, 9.17) is 4.74 Å². The average Bonchev–Trinajstić information content (AvgIpc) is 2.49. The molecule has 20 heavy (non-hydrogen) atoms. The van der Waals surface area contributed by atoms with E-state index in [1.54, 1.807) is 4.90 Å². The highest BCUT2D eigenvalue weighted by Gasteiger charge is 2.27. The van der Waals surface area contributed by atoms with E-state index in [9.17, 15) is 9.59 Å². The Kier molecular flexibility index (Phi) is 5.64. The summed E-state index contributed by atoms with van der Waals surface area (Å²) in [5.74, 6) is 0.263. The molecular formula is C14H25N3O3. The first-order valence-corrected chi connectivity index (χ1v) is 7.63. The van der Waals surface area contributed by atoms with Crippen molar-refractivity contribution in [3.05, 3.63) is 0 Å². The van der Waals surface area contributed by atoms with E-state index in [2.05, 4.69) is 10.6 Å². The van der Waals surface area contributed by atoms with Crippen LogP contribution in [0.5, 0.6) is 0 Å². The van der Waals surface area contributed by atoms with Gasteiger partial charge in [0.25, 0.3) is 0 Å². The van der Waals surface area contributed by atoms with Gasteiger partial charge in [-0.1, -0.05) is 0 Å². The van der Waals surface area contributed by atoms with E-state index in [0.29, 0.717) is 19.7 Å². The number of nitrogens with zero attached hydrogens (tertiary/aromatic N) is 1. The number of hydrogen-bond donors (Lipinski definition) is 2. The van der Waals surface area contributed by atoms with Gasteiger partial charge in [-0.25, -0.2) is 4.79 Å². The minimum atomic E-state index is -0.242. The highest BCUT2D eigenvalue weighted by Crippen LogP contribution is 2.14. The van der Waals surface area contributed by atoms with E-state index in [1.165, 1.54) is 0 Å². The van der Waals surface area contributed by atoms with Crippen LogP contribution >= 0.6 is 0 Å². The SMILES string of the molecule is CCOC(=O)N1CCC(NC(=O)[C@@H]2CCCNC2)CC1. The number of hydrogen-bond acceptors (Lipinski definition) is 4. The lowest BCUT2D eigenvalue weighted by atomic mass is 9.97. The van der Waals surface area contributed by atoms with Gasteiger partial charge in [0.1, 0.15) is 0 Å². The zero-order valence-corrected chi connectivity index (χ0v) is 12.2. The fourth-order valence-electron chi connectivity index (χ4n) is 2.82. The van der Waals surface area contributed by atoms with E-state index in [1.807, 2.05) is 6.92 Å². The van der Waals surface area contributed by atoms with Gasteiger partial charge in [-0.15, -0.1) is 0 Å². The molecule has 2 rings (SSSR count). The van der Waals surface area contributed by atoms with Crippen molar-refractivity contribution in [2.75, 3.05) is 32.8 Å². The maximum absolute atomic E-state index is 12.1. The van der Waals surface area contributed by atoms with Crippen LogP contribution in [0, 0.1) is 5.92 Å². The molecule has 0 radical (unpaired) electrons. The van der Waals surface area contributed by atoms with Crippen molar-refractivity contribution in [1.82, 2.24) is 15.5 Å². The lowest BCUT2D eigenvalue weighted by Gasteiger charge is -2.33. The molecule has 2 saturated heterocycles. The van der Waals surface area contributed by atoms with Gasteiger partial charge in [-0.2, -0.15) is 0 Å². The maximum Gasteiger partial charge on any atom is 0.409 e. The molecule has 2 aliphatic heterocycles. The molecule has 2 N–H and O–H groups in total. The Hall–Kier alpha value is -1.30. The molecular weight excluding hydrogens is 258 g/mol. The molecule has 6 nitrogen and oxygen atoms in total. The molecule has 0 aliphatic carbocycles. The quantitative estimate of drug-likeness (QED) is 0.801. The number of ether oxygens (including phenoxy) is 1. The van der Waals surface area contributed by atoms with Gasteiger partial charge < -0.3 is 20.3 Å². The van der Waals surface area contributed by atoms with E-state index in [0.717, 1.165) is 38.8 Å². The molecule has 2 aliphatic rings. The summed E-state index contributed by atoms with van der Waals surface area (Å²) >= 11 is 0. The van der Waals surface area contributed by atoms with Crippen LogP contribution in [0.15, 0.2) is 0 Å². The summed E-state index contributed by atoms with van der Waals surface area (Å²) in [5, 5.41) is 6.38. The summed E-state index contributed by atoms with van der Waals surface area (Å²) < 4.78 is 4.98. The van der Waals surface area contributed by atoms with Gasteiger partial charge in [0.2, 0.25) is 5.91 Å². The second-order valence-corrected chi connectivity index (χ2v) is 5.51. The fourth-order valence-corrected chi connectivity index (χ4v) is 2.82. The monoisotopic (exact) mass is 283 g/mol. The van der Waals surface area contributed by atoms with Crippen molar-refractivity contribution in [2.24, 2.45) is 5.92 Å². The predicted octanol–water partition coefficient (Wildman–Crippen LogP) is 0.723. The van der Waals surface area contributed by atoms with Gasteiger partial charge in [0.05, 0.1) is 12.5 Å². The Morgan fingerprint density at radius 1 is 1.30 bits per heavy atom. The van der Waals surface area contributed by atoms with Crippen LogP contribution in [0.1, 0.15) is 32.6 Å². The summed E-state index contributed by atoms with van der Waals surface area (Å²) in [6.45, 7) is 5.34. The van der Waals surface area contributed by atoms with Crippen LogP contribution in [0.2, 0.25) is 0 Å². The molecule has 0 aromatic heterocycles. The second kappa shape index (κ2) is 7.47. The van der Waals surface area contributed by atoms with Crippen molar-refractivity contribution >= 4 is 12.0 Å². The van der Waals surface area contributed by atoms with E-state index < -0.39 is 0 Å². The van der Waals surface area contributed by atoms with Crippen LogP contribution in [0.25, 0.3) is 0 Å².